The van der Waals surface area contributed by atoms with Gasteiger partial charge in [-0.25, -0.2) is 13.2 Å². The molecule has 0 bridgehead atoms. The van der Waals surface area contributed by atoms with Crippen LogP contribution in [0.5, 0.6) is 11.8 Å². The Morgan fingerprint density at radius 3 is 2.73 bits per heavy atom. The number of pyridine rings is 1. The molecule has 238 valence electrons. The van der Waals surface area contributed by atoms with Crippen LogP contribution in [0.3, 0.4) is 0 Å². The third kappa shape index (κ3) is 5.13. The van der Waals surface area contributed by atoms with Crippen molar-refractivity contribution in [1.82, 2.24) is 19.9 Å². The van der Waals surface area contributed by atoms with Gasteiger partial charge in [0.25, 0.3) is 0 Å². The highest BCUT2D eigenvalue weighted by Crippen LogP contribution is 2.42. The topological polar surface area (TPSA) is 94.8 Å². The Hall–Kier alpha value is -3.70. The number of piperidine rings is 1. The number of ether oxygens (including phenoxy) is 1. The minimum absolute atomic E-state index is 0.00369. The third-order valence-electron chi connectivity index (χ3n) is 10.1. The fourth-order valence-electron chi connectivity index (χ4n) is 7.82. The van der Waals surface area contributed by atoms with Crippen LogP contribution in [0.4, 0.5) is 19.0 Å². The Labute approximate surface area is 259 Å². The zero-order chi connectivity index (χ0) is 31.5. The summed E-state index contributed by atoms with van der Waals surface area (Å²) in [7, 11) is 0. The number of aromatic nitrogens is 3. The Morgan fingerprint density at radius 2 is 1.93 bits per heavy atom. The number of aryl methyl sites for hydroxylation is 1. The lowest BCUT2D eigenvalue weighted by Gasteiger charge is -2.40. The Morgan fingerprint density at radius 1 is 1.11 bits per heavy atom. The SMILES string of the molecule is CCc1c(F)ccc2cc(O)cc(-c3ncc4c(N5CCC[C@](C)(CO)C5)nc(OC[C@@]56CCCN5C[C@H](F)C6)nc4c3F)c12. The van der Waals surface area contributed by atoms with Gasteiger partial charge in [0.15, 0.2) is 5.82 Å². The molecule has 11 heteroatoms. The van der Waals surface area contributed by atoms with Crippen LogP contribution in [0.25, 0.3) is 32.9 Å². The molecule has 45 heavy (non-hydrogen) atoms. The van der Waals surface area contributed by atoms with Gasteiger partial charge in [0, 0.05) is 43.2 Å². The standard InChI is InChI=1S/C34H38F3N5O3/c1-3-23-26(36)7-6-20-12-22(44)13-24(27(20)23)29-28(37)30-25(15-38-29)31(41-10-4-8-33(2,17-41)18-43)40-32(39-30)45-19-34-9-5-11-42(34)16-21(35)14-34/h6-7,12-13,15,21,43-44H,3-5,8-11,14,16-19H2,1-2H3/t21-,33+,34+/m1/s1. The van der Waals surface area contributed by atoms with Gasteiger partial charge in [0.2, 0.25) is 0 Å². The molecule has 4 aromatic rings. The average molecular weight is 622 g/mol. The Kier molecular flexibility index (Phi) is 7.51. The number of aliphatic hydroxyl groups excluding tert-OH is 1. The number of phenols is 1. The van der Waals surface area contributed by atoms with E-state index in [-0.39, 0.29) is 47.2 Å². The molecule has 0 radical (unpaired) electrons. The molecule has 2 aromatic heterocycles. The van der Waals surface area contributed by atoms with Crippen molar-refractivity contribution < 1.29 is 28.1 Å². The summed E-state index contributed by atoms with van der Waals surface area (Å²) >= 11 is 0. The van der Waals surface area contributed by atoms with Crippen molar-refractivity contribution >= 4 is 27.5 Å². The van der Waals surface area contributed by atoms with Crippen molar-refractivity contribution in [2.75, 3.05) is 44.3 Å². The third-order valence-corrected chi connectivity index (χ3v) is 10.1. The molecule has 7 rings (SSSR count). The second-order valence-corrected chi connectivity index (χ2v) is 13.3. The lowest BCUT2D eigenvalue weighted by atomic mass is 9.83. The van der Waals surface area contributed by atoms with Crippen LogP contribution in [0, 0.1) is 17.0 Å². The summed E-state index contributed by atoms with van der Waals surface area (Å²) in [5.74, 6) is -0.812. The van der Waals surface area contributed by atoms with Gasteiger partial charge in [-0.05, 0) is 73.2 Å². The molecule has 2 N–H and O–H groups in total. The molecular weight excluding hydrogens is 583 g/mol. The number of fused-ring (bicyclic) bond motifs is 3. The van der Waals surface area contributed by atoms with Crippen molar-refractivity contribution in [2.24, 2.45) is 5.41 Å². The maximum Gasteiger partial charge on any atom is 0.319 e. The van der Waals surface area contributed by atoms with Crippen LogP contribution in [-0.2, 0) is 6.42 Å². The molecule has 0 amide bonds. The second kappa shape index (κ2) is 11.3. The van der Waals surface area contributed by atoms with Crippen LogP contribution in [0.15, 0.2) is 30.5 Å². The van der Waals surface area contributed by atoms with Gasteiger partial charge < -0.3 is 19.8 Å². The predicted molar refractivity (Wildman–Crippen MR) is 166 cm³/mol. The lowest BCUT2D eigenvalue weighted by Crippen LogP contribution is -2.44. The van der Waals surface area contributed by atoms with E-state index in [0.29, 0.717) is 60.0 Å². The highest BCUT2D eigenvalue weighted by atomic mass is 19.1. The van der Waals surface area contributed by atoms with Gasteiger partial charge in [-0.1, -0.05) is 19.9 Å². The number of phenolic OH excluding ortho intramolecular Hbond substituents is 1. The molecule has 3 atom stereocenters. The normalized spacial score (nSPS) is 25.4. The molecule has 0 spiro atoms. The summed E-state index contributed by atoms with van der Waals surface area (Å²) in [6.07, 6.45) is 4.73. The number of aliphatic hydroxyl groups is 1. The fraction of sp³-hybridized carbons (Fsp3) is 0.500. The van der Waals surface area contributed by atoms with Gasteiger partial charge in [0.1, 0.15) is 41.4 Å². The number of anilines is 1. The van der Waals surface area contributed by atoms with Gasteiger partial charge in [-0.2, -0.15) is 9.97 Å². The first-order valence-electron chi connectivity index (χ1n) is 15.8. The lowest BCUT2D eigenvalue weighted by molar-refractivity contribution is 0.107. The van der Waals surface area contributed by atoms with E-state index in [4.69, 9.17) is 9.72 Å². The fourth-order valence-corrected chi connectivity index (χ4v) is 7.82. The number of rotatable bonds is 7. The second-order valence-electron chi connectivity index (χ2n) is 13.3. The van der Waals surface area contributed by atoms with E-state index in [1.165, 1.54) is 24.4 Å². The molecule has 0 unspecified atom stereocenters. The summed E-state index contributed by atoms with van der Waals surface area (Å²) in [4.78, 5) is 18.0. The maximum absolute atomic E-state index is 16.8. The average Bonchev–Trinajstić information content (AvgIpc) is 3.55. The van der Waals surface area contributed by atoms with Crippen molar-refractivity contribution in [3.63, 3.8) is 0 Å². The largest absolute Gasteiger partial charge is 0.508 e. The number of halogens is 3. The van der Waals surface area contributed by atoms with Gasteiger partial charge in [-0.3, -0.25) is 9.88 Å². The van der Waals surface area contributed by atoms with Crippen LogP contribution in [0.1, 0.15) is 51.5 Å². The number of benzene rings is 2. The van der Waals surface area contributed by atoms with Crippen LogP contribution in [-0.4, -0.2) is 81.2 Å². The first kappa shape index (κ1) is 30.0. The van der Waals surface area contributed by atoms with E-state index in [2.05, 4.69) is 14.9 Å². The Balaban J connectivity index is 1.38. The molecule has 8 nitrogen and oxygen atoms in total. The van der Waals surface area contributed by atoms with Crippen LogP contribution in [0.2, 0.25) is 0 Å². The number of aromatic hydroxyl groups is 1. The Bertz CT molecular complexity index is 1790. The summed E-state index contributed by atoms with van der Waals surface area (Å²) < 4.78 is 52.4. The van der Waals surface area contributed by atoms with Gasteiger partial charge in [-0.15, -0.1) is 0 Å². The quantitative estimate of drug-likeness (QED) is 0.262. The summed E-state index contributed by atoms with van der Waals surface area (Å²) in [6.45, 7) is 6.33. The van der Waals surface area contributed by atoms with Gasteiger partial charge >= 0.3 is 6.01 Å². The van der Waals surface area contributed by atoms with E-state index in [0.717, 1.165) is 32.2 Å². The van der Waals surface area contributed by atoms with E-state index < -0.39 is 23.3 Å². The predicted octanol–water partition coefficient (Wildman–Crippen LogP) is 5.95. The zero-order valence-electron chi connectivity index (χ0n) is 25.6. The van der Waals surface area contributed by atoms with E-state index in [1.54, 1.807) is 6.07 Å². The molecule has 5 heterocycles. The number of hydrogen-bond acceptors (Lipinski definition) is 8. The first-order chi connectivity index (χ1) is 21.6. The number of alkyl halides is 1. The minimum atomic E-state index is -0.924. The molecule has 3 saturated heterocycles. The smallest absolute Gasteiger partial charge is 0.319 e. The van der Waals surface area contributed by atoms with Crippen LogP contribution < -0.4 is 9.64 Å². The van der Waals surface area contributed by atoms with E-state index in [1.807, 2.05) is 18.7 Å². The minimum Gasteiger partial charge on any atom is -0.508 e. The number of nitrogens with zero attached hydrogens (tertiary/aromatic N) is 5. The van der Waals surface area contributed by atoms with E-state index in [9.17, 15) is 19.0 Å². The molecule has 3 fully saturated rings. The molecule has 3 aliphatic rings. The molecule has 2 aromatic carbocycles. The molecule has 0 saturated carbocycles. The monoisotopic (exact) mass is 621 g/mol. The first-order valence-corrected chi connectivity index (χ1v) is 15.8. The van der Waals surface area contributed by atoms with E-state index >= 15 is 4.39 Å². The van der Waals surface area contributed by atoms with Crippen molar-refractivity contribution in [1.29, 1.82) is 0 Å². The molecule has 0 aliphatic carbocycles. The van der Waals surface area contributed by atoms with Gasteiger partial charge in [0.05, 0.1) is 17.5 Å². The van der Waals surface area contributed by atoms with Crippen molar-refractivity contribution in [3.05, 3.63) is 47.7 Å². The highest BCUT2D eigenvalue weighted by molar-refractivity contribution is 6.01. The summed E-state index contributed by atoms with van der Waals surface area (Å²) in [5.41, 5.74) is -0.243. The van der Waals surface area contributed by atoms with Crippen molar-refractivity contribution in [3.8, 4) is 23.0 Å². The summed E-state index contributed by atoms with van der Waals surface area (Å²) in [6, 6.07) is 5.80. The van der Waals surface area contributed by atoms with Crippen LogP contribution >= 0.6 is 0 Å². The summed E-state index contributed by atoms with van der Waals surface area (Å²) in [5, 5.41) is 22.1. The zero-order valence-corrected chi connectivity index (χ0v) is 25.6. The van der Waals surface area contributed by atoms with Crippen molar-refractivity contribution in [2.45, 2.75) is 64.1 Å². The molecule has 3 aliphatic heterocycles. The number of hydrogen-bond donors (Lipinski definition) is 2. The molecular formula is C34H38F3N5O3. The highest BCUT2D eigenvalue weighted by Gasteiger charge is 2.49. The maximum atomic E-state index is 16.8.